The molecule has 1 heterocycles. The van der Waals surface area contributed by atoms with Crippen LogP contribution in [0.2, 0.25) is 0 Å². The van der Waals surface area contributed by atoms with Crippen LogP contribution in [0.4, 0.5) is 4.79 Å². The molecule has 0 radical (unpaired) electrons. The largest absolute Gasteiger partial charge is 0.444 e. The number of nitrogens with one attached hydrogen (secondary N) is 1. The molecule has 1 saturated carbocycles. The van der Waals surface area contributed by atoms with E-state index in [1.807, 2.05) is 20.8 Å². The predicted octanol–water partition coefficient (Wildman–Crippen LogP) is 1.51. The zero-order valence-electron chi connectivity index (χ0n) is 13.1. The van der Waals surface area contributed by atoms with Crippen molar-refractivity contribution in [1.82, 2.24) is 10.2 Å². The lowest BCUT2D eigenvalue weighted by Gasteiger charge is -2.28. The monoisotopic (exact) mass is 318 g/mol. The maximum absolute atomic E-state index is 12.1. The van der Waals surface area contributed by atoms with Crippen LogP contribution in [0.15, 0.2) is 0 Å². The maximum atomic E-state index is 12.1. The molecule has 122 valence electrons. The first-order valence-corrected chi connectivity index (χ1v) is 9.32. The third-order valence-electron chi connectivity index (χ3n) is 3.72. The topological polar surface area (TPSA) is 75.7 Å². The van der Waals surface area contributed by atoms with Gasteiger partial charge in [0.25, 0.3) is 0 Å². The van der Waals surface area contributed by atoms with Gasteiger partial charge in [0.05, 0.1) is 11.1 Å². The van der Waals surface area contributed by atoms with Gasteiger partial charge in [-0.3, -0.25) is 0 Å². The summed E-state index contributed by atoms with van der Waals surface area (Å²) in [7, 11) is -2.99. The molecule has 0 aromatic rings. The first kappa shape index (κ1) is 16.5. The van der Waals surface area contributed by atoms with Crippen molar-refractivity contribution in [1.29, 1.82) is 0 Å². The van der Waals surface area contributed by atoms with E-state index in [2.05, 4.69) is 5.32 Å². The lowest BCUT2D eigenvalue weighted by Crippen LogP contribution is -2.45. The molecule has 1 amide bonds. The number of amides is 1. The molecule has 1 aliphatic heterocycles. The molecule has 1 unspecified atom stereocenters. The fraction of sp³-hybridized carbons (Fsp3) is 0.929. The molecule has 1 aliphatic carbocycles. The maximum Gasteiger partial charge on any atom is 0.410 e. The number of hydrogen-bond donors (Lipinski definition) is 1. The van der Waals surface area contributed by atoms with Crippen molar-refractivity contribution in [3.63, 3.8) is 0 Å². The van der Waals surface area contributed by atoms with Crippen LogP contribution in [-0.2, 0) is 14.6 Å². The van der Waals surface area contributed by atoms with Gasteiger partial charge in [-0.15, -0.1) is 0 Å². The van der Waals surface area contributed by atoms with Crippen LogP contribution in [0.5, 0.6) is 0 Å². The number of rotatable bonds is 5. The van der Waals surface area contributed by atoms with E-state index in [0.717, 1.165) is 25.7 Å². The summed E-state index contributed by atoms with van der Waals surface area (Å²) in [5, 5.41) is 2.86. The quantitative estimate of drug-likeness (QED) is 0.831. The number of carbonyl (C=O) groups excluding carboxylic acids is 1. The third kappa shape index (κ3) is 4.85. The van der Waals surface area contributed by atoms with Gasteiger partial charge < -0.3 is 15.0 Å². The highest BCUT2D eigenvalue weighted by atomic mass is 32.2. The Balaban J connectivity index is 1.80. The molecule has 1 N–H and O–H groups in total. The number of ether oxygens (including phenoxy) is 1. The highest BCUT2D eigenvalue weighted by Crippen LogP contribution is 2.28. The van der Waals surface area contributed by atoms with Gasteiger partial charge in [0, 0.05) is 19.1 Å². The first-order valence-electron chi connectivity index (χ1n) is 7.61. The summed E-state index contributed by atoms with van der Waals surface area (Å²) in [5.41, 5.74) is -0.507. The van der Waals surface area contributed by atoms with Crippen LogP contribution >= 0.6 is 0 Å². The van der Waals surface area contributed by atoms with Gasteiger partial charge in [-0.05, 0) is 46.5 Å². The van der Waals surface area contributed by atoms with Gasteiger partial charge in [-0.2, -0.15) is 0 Å². The zero-order chi connectivity index (χ0) is 15.7. The molecule has 7 heteroatoms. The van der Waals surface area contributed by atoms with Crippen LogP contribution in [-0.4, -0.2) is 55.3 Å². The minimum Gasteiger partial charge on any atom is -0.444 e. The molecular formula is C14H26N2O4S. The van der Waals surface area contributed by atoms with Gasteiger partial charge >= 0.3 is 6.09 Å². The van der Waals surface area contributed by atoms with Gasteiger partial charge in [0.15, 0.2) is 9.84 Å². The van der Waals surface area contributed by atoms with Crippen molar-refractivity contribution < 1.29 is 17.9 Å². The first-order chi connectivity index (χ1) is 9.69. The minimum atomic E-state index is -2.99. The fourth-order valence-corrected chi connectivity index (χ4v) is 4.01. The van der Waals surface area contributed by atoms with Crippen LogP contribution in [0.1, 0.15) is 46.5 Å². The van der Waals surface area contributed by atoms with E-state index in [9.17, 15) is 13.2 Å². The molecule has 1 atom stereocenters. The summed E-state index contributed by atoms with van der Waals surface area (Å²) >= 11 is 0. The fourth-order valence-electron chi connectivity index (χ4n) is 2.52. The van der Waals surface area contributed by atoms with Crippen molar-refractivity contribution >= 4 is 15.9 Å². The van der Waals surface area contributed by atoms with E-state index in [1.54, 1.807) is 4.90 Å². The molecule has 2 aliphatic rings. The smallest absolute Gasteiger partial charge is 0.410 e. The van der Waals surface area contributed by atoms with E-state index in [4.69, 9.17) is 4.74 Å². The minimum absolute atomic E-state index is 0.0102. The van der Waals surface area contributed by atoms with Crippen molar-refractivity contribution in [3.8, 4) is 0 Å². The number of carbonyl (C=O) groups is 1. The lowest BCUT2D eigenvalue weighted by molar-refractivity contribution is 0.0227. The second-order valence-electron chi connectivity index (χ2n) is 6.93. The summed E-state index contributed by atoms with van der Waals surface area (Å²) in [4.78, 5) is 13.8. The summed E-state index contributed by atoms with van der Waals surface area (Å²) in [6, 6.07) is 0.0225. The average Bonchev–Trinajstić information content (AvgIpc) is 3.08. The van der Waals surface area contributed by atoms with Crippen LogP contribution in [0.25, 0.3) is 0 Å². The van der Waals surface area contributed by atoms with Gasteiger partial charge in [0.1, 0.15) is 5.60 Å². The molecule has 0 spiro atoms. The van der Waals surface area contributed by atoms with Gasteiger partial charge in [-0.1, -0.05) is 0 Å². The Bertz CT molecular complexity index is 480. The lowest BCUT2D eigenvalue weighted by atomic mass is 10.2. The number of sulfone groups is 1. The molecule has 0 aromatic carbocycles. The van der Waals surface area contributed by atoms with E-state index >= 15 is 0 Å². The van der Waals surface area contributed by atoms with E-state index < -0.39 is 15.4 Å². The Morgan fingerprint density at radius 1 is 1.29 bits per heavy atom. The molecule has 21 heavy (non-hydrogen) atoms. The molecule has 6 nitrogen and oxygen atoms in total. The van der Waals surface area contributed by atoms with Gasteiger partial charge in [-0.25, -0.2) is 13.2 Å². The standard InChI is InChI=1S/C14H26N2O4S/c1-14(2,3)20-13(17)16-8-4-5-11(16)9-15-10-21(18,19)12-6-7-12/h11-12,15H,4-10H2,1-3H3. The second-order valence-corrected chi connectivity index (χ2v) is 9.21. The summed E-state index contributed by atoms with van der Waals surface area (Å²) < 4.78 is 29.0. The van der Waals surface area contributed by atoms with Crippen molar-refractivity contribution in [2.45, 2.75) is 63.3 Å². The van der Waals surface area contributed by atoms with Crippen molar-refractivity contribution in [2.75, 3.05) is 19.0 Å². The summed E-state index contributed by atoms with van der Waals surface area (Å²) in [5.74, 6) is 0.0102. The normalized spacial score (nSPS) is 23.4. The number of hydrogen-bond acceptors (Lipinski definition) is 5. The number of nitrogens with zero attached hydrogens (tertiary/aromatic N) is 1. The predicted molar refractivity (Wildman–Crippen MR) is 80.8 cm³/mol. The molecule has 0 bridgehead atoms. The molecule has 1 saturated heterocycles. The third-order valence-corrected chi connectivity index (χ3v) is 5.81. The Morgan fingerprint density at radius 3 is 2.52 bits per heavy atom. The Kier molecular flexibility index (Phi) is 4.82. The highest BCUT2D eigenvalue weighted by molar-refractivity contribution is 7.92. The SMILES string of the molecule is CC(C)(C)OC(=O)N1CCCC1CNCS(=O)(=O)C1CC1. The Hall–Kier alpha value is -0.820. The van der Waals surface area contributed by atoms with Crippen molar-refractivity contribution in [2.24, 2.45) is 0 Å². The van der Waals surface area contributed by atoms with E-state index in [0.29, 0.717) is 13.1 Å². The van der Waals surface area contributed by atoms with Crippen LogP contribution in [0.3, 0.4) is 0 Å². The molecule has 0 aromatic heterocycles. The Labute approximate surface area is 127 Å². The average molecular weight is 318 g/mol. The summed E-state index contributed by atoms with van der Waals surface area (Å²) in [6.45, 7) is 6.71. The van der Waals surface area contributed by atoms with Crippen molar-refractivity contribution in [3.05, 3.63) is 0 Å². The molecular weight excluding hydrogens is 292 g/mol. The zero-order valence-corrected chi connectivity index (χ0v) is 13.9. The van der Waals surface area contributed by atoms with E-state index in [1.165, 1.54) is 0 Å². The van der Waals surface area contributed by atoms with Gasteiger partial charge in [0.2, 0.25) is 0 Å². The summed E-state index contributed by atoms with van der Waals surface area (Å²) in [6.07, 6.45) is 3.09. The highest BCUT2D eigenvalue weighted by Gasteiger charge is 2.36. The Morgan fingerprint density at radius 2 is 1.95 bits per heavy atom. The second kappa shape index (κ2) is 6.12. The van der Waals surface area contributed by atoms with E-state index in [-0.39, 0.29) is 23.3 Å². The molecule has 2 rings (SSSR count). The number of likely N-dealkylation sites (tertiary alicyclic amines) is 1. The molecule has 2 fully saturated rings. The van der Waals surface area contributed by atoms with Crippen LogP contribution in [0, 0.1) is 0 Å². The van der Waals surface area contributed by atoms with Crippen LogP contribution < -0.4 is 5.32 Å².